The van der Waals surface area contributed by atoms with Crippen molar-refractivity contribution in [3.05, 3.63) is 72.6 Å². The largest absolute Gasteiger partial charge is 0.378 e. The number of aryl methyl sites for hydroxylation is 1. The minimum atomic E-state index is 0.00757. The highest BCUT2D eigenvalue weighted by atomic mass is 16.5. The quantitative estimate of drug-likeness (QED) is 0.717. The maximum absolute atomic E-state index is 12.5. The third-order valence-corrected chi connectivity index (χ3v) is 4.83. The molecule has 0 atom stereocenters. The van der Waals surface area contributed by atoms with Crippen LogP contribution in [0, 0.1) is 0 Å². The van der Waals surface area contributed by atoms with Crippen LogP contribution < -0.4 is 10.2 Å². The van der Waals surface area contributed by atoms with E-state index in [-0.39, 0.29) is 5.91 Å². The second kappa shape index (κ2) is 8.71. The molecule has 0 aliphatic carbocycles. The van der Waals surface area contributed by atoms with Gasteiger partial charge in [0, 0.05) is 25.7 Å². The summed E-state index contributed by atoms with van der Waals surface area (Å²) in [6.07, 6.45) is 4.86. The summed E-state index contributed by atoms with van der Waals surface area (Å²) in [4.78, 5) is 14.8. The highest BCUT2D eigenvalue weighted by molar-refractivity contribution is 5.94. The van der Waals surface area contributed by atoms with Crippen LogP contribution in [0.4, 0.5) is 11.4 Å². The molecule has 1 amide bonds. The van der Waals surface area contributed by atoms with E-state index >= 15 is 0 Å². The van der Waals surface area contributed by atoms with Crippen molar-refractivity contribution in [1.29, 1.82) is 0 Å². The van der Waals surface area contributed by atoms with Gasteiger partial charge in [0.05, 0.1) is 36.5 Å². The lowest BCUT2D eigenvalue weighted by molar-refractivity contribution is -0.116. The number of para-hydroxylation sites is 3. The summed E-state index contributed by atoms with van der Waals surface area (Å²) in [7, 11) is 0. The van der Waals surface area contributed by atoms with E-state index in [0.717, 1.165) is 35.7 Å². The van der Waals surface area contributed by atoms with Gasteiger partial charge in [0.25, 0.3) is 0 Å². The third kappa shape index (κ3) is 4.40. The van der Waals surface area contributed by atoms with Crippen molar-refractivity contribution >= 4 is 17.3 Å². The molecule has 6 heteroatoms. The third-order valence-electron chi connectivity index (χ3n) is 4.83. The second-order valence-electron chi connectivity index (χ2n) is 6.79. The molecule has 3 aromatic rings. The molecule has 0 bridgehead atoms. The molecule has 1 aromatic heterocycles. The predicted octanol–water partition coefficient (Wildman–Crippen LogP) is 3.28. The smallest absolute Gasteiger partial charge is 0.224 e. The zero-order valence-corrected chi connectivity index (χ0v) is 15.8. The SMILES string of the molecule is O=C(CCc1cnn(-c2ccccc2)c1)Nc1ccccc1N1CCOCC1. The van der Waals surface area contributed by atoms with Gasteiger partial charge < -0.3 is 15.0 Å². The minimum absolute atomic E-state index is 0.00757. The molecule has 4 rings (SSSR count). The van der Waals surface area contributed by atoms with E-state index in [1.807, 2.05) is 71.7 Å². The van der Waals surface area contributed by atoms with E-state index in [0.29, 0.717) is 26.1 Å². The molecule has 1 aliphatic rings. The summed E-state index contributed by atoms with van der Waals surface area (Å²) in [5, 5.41) is 7.46. The van der Waals surface area contributed by atoms with Crippen LogP contribution in [0.5, 0.6) is 0 Å². The monoisotopic (exact) mass is 376 g/mol. The summed E-state index contributed by atoms with van der Waals surface area (Å²) >= 11 is 0. The maximum Gasteiger partial charge on any atom is 0.224 e. The van der Waals surface area contributed by atoms with Crippen LogP contribution in [0.15, 0.2) is 67.0 Å². The van der Waals surface area contributed by atoms with E-state index < -0.39 is 0 Å². The molecular weight excluding hydrogens is 352 g/mol. The van der Waals surface area contributed by atoms with Gasteiger partial charge in [-0.1, -0.05) is 30.3 Å². The lowest BCUT2D eigenvalue weighted by atomic mass is 10.2. The Morgan fingerprint density at radius 3 is 2.61 bits per heavy atom. The number of hydrogen-bond acceptors (Lipinski definition) is 4. The first kappa shape index (κ1) is 18.3. The Morgan fingerprint density at radius 1 is 1.04 bits per heavy atom. The molecule has 1 saturated heterocycles. The van der Waals surface area contributed by atoms with Crippen LogP contribution in [0.2, 0.25) is 0 Å². The van der Waals surface area contributed by atoms with Gasteiger partial charge in [-0.3, -0.25) is 4.79 Å². The summed E-state index contributed by atoms with van der Waals surface area (Å²) in [5.74, 6) is 0.00757. The Bertz CT molecular complexity index is 917. The fraction of sp³-hybridized carbons (Fsp3) is 0.273. The Balaban J connectivity index is 1.36. The van der Waals surface area contributed by atoms with Crippen molar-refractivity contribution in [2.24, 2.45) is 0 Å². The molecule has 0 saturated carbocycles. The fourth-order valence-electron chi connectivity index (χ4n) is 3.34. The number of carbonyl (C=O) groups excluding carboxylic acids is 1. The van der Waals surface area contributed by atoms with E-state index in [1.165, 1.54) is 0 Å². The summed E-state index contributed by atoms with van der Waals surface area (Å²) in [6, 6.07) is 17.9. The number of rotatable bonds is 6. The molecule has 2 aromatic carbocycles. The van der Waals surface area contributed by atoms with Crippen molar-refractivity contribution in [2.45, 2.75) is 12.8 Å². The standard InChI is InChI=1S/C22H24N4O2/c27-22(11-10-18-16-23-26(17-18)19-6-2-1-3-7-19)24-20-8-4-5-9-21(20)25-12-14-28-15-13-25/h1-9,16-17H,10-15H2,(H,24,27). The molecule has 144 valence electrons. The van der Waals surface area contributed by atoms with Gasteiger partial charge in [0.15, 0.2) is 0 Å². The van der Waals surface area contributed by atoms with Gasteiger partial charge in [-0.2, -0.15) is 5.10 Å². The van der Waals surface area contributed by atoms with Crippen molar-refractivity contribution < 1.29 is 9.53 Å². The number of aromatic nitrogens is 2. The lowest BCUT2D eigenvalue weighted by Gasteiger charge is -2.30. The number of anilines is 2. The number of amides is 1. The van der Waals surface area contributed by atoms with Gasteiger partial charge in [-0.15, -0.1) is 0 Å². The fourth-order valence-corrected chi connectivity index (χ4v) is 3.34. The molecule has 1 fully saturated rings. The van der Waals surface area contributed by atoms with Crippen LogP contribution in [0.25, 0.3) is 5.69 Å². The Morgan fingerprint density at radius 2 is 1.79 bits per heavy atom. The van der Waals surface area contributed by atoms with Crippen LogP contribution in [-0.4, -0.2) is 42.0 Å². The van der Waals surface area contributed by atoms with Crippen molar-refractivity contribution in [2.75, 3.05) is 36.5 Å². The zero-order chi connectivity index (χ0) is 19.2. The summed E-state index contributed by atoms with van der Waals surface area (Å²) in [5.41, 5.74) is 3.96. The molecule has 28 heavy (non-hydrogen) atoms. The first-order valence-electron chi connectivity index (χ1n) is 9.60. The number of benzene rings is 2. The van der Waals surface area contributed by atoms with E-state index in [2.05, 4.69) is 15.3 Å². The van der Waals surface area contributed by atoms with E-state index in [9.17, 15) is 4.79 Å². The Hall–Kier alpha value is -3.12. The Labute approximate surface area is 164 Å². The molecule has 1 N–H and O–H groups in total. The first-order chi connectivity index (χ1) is 13.8. The van der Waals surface area contributed by atoms with Crippen molar-refractivity contribution in [3.8, 4) is 5.69 Å². The van der Waals surface area contributed by atoms with Gasteiger partial charge in [0.1, 0.15) is 0 Å². The first-order valence-corrected chi connectivity index (χ1v) is 9.60. The number of carbonyl (C=O) groups is 1. The molecule has 6 nitrogen and oxygen atoms in total. The van der Waals surface area contributed by atoms with Crippen molar-refractivity contribution in [1.82, 2.24) is 9.78 Å². The average Bonchev–Trinajstić information content (AvgIpc) is 3.23. The molecule has 0 radical (unpaired) electrons. The van der Waals surface area contributed by atoms with Gasteiger partial charge >= 0.3 is 0 Å². The minimum Gasteiger partial charge on any atom is -0.378 e. The van der Waals surface area contributed by atoms with Gasteiger partial charge in [-0.05, 0) is 36.2 Å². The summed E-state index contributed by atoms with van der Waals surface area (Å²) in [6.45, 7) is 3.11. The number of ether oxygens (including phenoxy) is 1. The zero-order valence-electron chi connectivity index (χ0n) is 15.8. The Kier molecular flexibility index (Phi) is 5.68. The maximum atomic E-state index is 12.5. The number of morpholine rings is 1. The van der Waals surface area contributed by atoms with E-state index in [1.54, 1.807) is 0 Å². The molecule has 0 unspecified atom stereocenters. The van der Waals surface area contributed by atoms with Gasteiger partial charge in [0.2, 0.25) is 5.91 Å². The number of nitrogens with zero attached hydrogens (tertiary/aromatic N) is 3. The van der Waals surface area contributed by atoms with Crippen LogP contribution in [0.1, 0.15) is 12.0 Å². The highest BCUT2D eigenvalue weighted by Gasteiger charge is 2.15. The highest BCUT2D eigenvalue weighted by Crippen LogP contribution is 2.26. The molecule has 0 spiro atoms. The lowest BCUT2D eigenvalue weighted by Crippen LogP contribution is -2.36. The second-order valence-corrected chi connectivity index (χ2v) is 6.79. The summed E-state index contributed by atoms with van der Waals surface area (Å²) < 4.78 is 7.26. The van der Waals surface area contributed by atoms with Crippen LogP contribution >= 0.6 is 0 Å². The molecule has 1 aliphatic heterocycles. The average molecular weight is 376 g/mol. The van der Waals surface area contributed by atoms with E-state index in [4.69, 9.17) is 4.74 Å². The normalized spacial score (nSPS) is 14.1. The molecule has 2 heterocycles. The van der Waals surface area contributed by atoms with Crippen molar-refractivity contribution in [3.63, 3.8) is 0 Å². The van der Waals surface area contributed by atoms with Gasteiger partial charge in [-0.25, -0.2) is 4.68 Å². The number of hydrogen-bond donors (Lipinski definition) is 1. The topological polar surface area (TPSA) is 59.4 Å². The van der Waals surface area contributed by atoms with Crippen LogP contribution in [0.3, 0.4) is 0 Å². The van der Waals surface area contributed by atoms with Crippen LogP contribution in [-0.2, 0) is 16.0 Å². The molecular formula is C22H24N4O2. The number of nitrogens with one attached hydrogen (secondary N) is 1. The predicted molar refractivity (Wildman–Crippen MR) is 110 cm³/mol.